The molecular formula is C36H57N3. The van der Waals surface area contributed by atoms with Gasteiger partial charge in [-0.2, -0.15) is 0 Å². The van der Waals surface area contributed by atoms with Crippen LogP contribution in [0.25, 0.3) is 33.9 Å². The molecule has 0 radical (unpaired) electrons. The monoisotopic (exact) mass is 531 g/mol. The Balaban J connectivity index is -0.000000737. The minimum atomic E-state index is 0.845. The number of pyridine rings is 3. The Morgan fingerprint density at radius 1 is 0.410 bits per heavy atom. The van der Waals surface area contributed by atoms with E-state index < -0.39 is 0 Å². The average Bonchev–Trinajstić information content (AvgIpc) is 3.02. The molecule has 0 fully saturated rings. The smallest absolute Gasteiger partial charge is 0.0900 e. The summed E-state index contributed by atoms with van der Waals surface area (Å²) in [6, 6.07) is 26.1. The molecule has 0 amide bonds. The molecule has 3 nitrogen and oxygen atoms in total. The molecule has 4 rings (SSSR count). The van der Waals surface area contributed by atoms with E-state index in [0.717, 1.165) is 33.9 Å². The zero-order valence-electron chi connectivity index (χ0n) is 27.1. The van der Waals surface area contributed by atoms with E-state index in [4.69, 9.17) is 4.98 Å². The van der Waals surface area contributed by atoms with Crippen molar-refractivity contribution in [3.05, 3.63) is 91.3 Å². The summed E-state index contributed by atoms with van der Waals surface area (Å²) in [6.07, 6.45) is 7.32. The van der Waals surface area contributed by atoms with Crippen LogP contribution in [0.1, 0.15) is 102 Å². The quantitative estimate of drug-likeness (QED) is 0.264. The van der Waals surface area contributed by atoms with Crippen molar-refractivity contribution in [3.63, 3.8) is 0 Å². The molecule has 0 saturated heterocycles. The molecule has 0 aliphatic carbocycles. The molecular weight excluding hydrogens is 474 g/mol. The van der Waals surface area contributed by atoms with Gasteiger partial charge in [-0.05, 0) is 47.5 Å². The van der Waals surface area contributed by atoms with Gasteiger partial charge in [-0.3, -0.25) is 9.97 Å². The lowest BCUT2D eigenvalue weighted by Crippen LogP contribution is -1.93. The lowest BCUT2D eigenvalue weighted by Gasteiger charge is -2.09. The van der Waals surface area contributed by atoms with Gasteiger partial charge in [0.15, 0.2) is 0 Å². The van der Waals surface area contributed by atoms with Crippen LogP contribution in [0.2, 0.25) is 0 Å². The van der Waals surface area contributed by atoms with Crippen LogP contribution in [-0.2, 0) is 0 Å². The van der Waals surface area contributed by atoms with E-state index in [9.17, 15) is 0 Å². The van der Waals surface area contributed by atoms with Crippen molar-refractivity contribution < 1.29 is 0 Å². The van der Waals surface area contributed by atoms with Crippen molar-refractivity contribution in [2.24, 2.45) is 0 Å². The number of aromatic nitrogens is 3. The molecule has 3 heteroatoms. The number of benzene rings is 1. The van der Waals surface area contributed by atoms with Crippen LogP contribution in [0.5, 0.6) is 0 Å². The van der Waals surface area contributed by atoms with Gasteiger partial charge < -0.3 is 0 Å². The highest BCUT2D eigenvalue weighted by atomic mass is 14.8. The normalized spacial score (nSPS) is 8.31. The van der Waals surface area contributed by atoms with Gasteiger partial charge in [-0.15, -0.1) is 0 Å². The molecule has 0 unspecified atom stereocenters. The lowest BCUT2D eigenvalue weighted by atomic mass is 10.0. The molecule has 39 heavy (non-hydrogen) atoms. The number of hydrogen-bond acceptors (Lipinski definition) is 3. The maximum Gasteiger partial charge on any atom is 0.0900 e. The van der Waals surface area contributed by atoms with Crippen LogP contribution in [0, 0.1) is 0 Å². The number of nitrogens with zero attached hydrogens (tertiary/aromatic N) is 3. The topological polar surface area (TPSA) is 38.7 Å². The van der Waals surface area contributed by atoms with Crippen molar-refractivity contribution in [1.29, 1.82) is 0 Å². The van der Waals surface area contributed by atoms with E-state index >= 15 is 0 Å². The summed E-state index contributed by atoms with van der Waals surface area (Å²) in [5, 5.41) is 0. The molecule has 0 bridgehead atoms. The molecule has 1 aromatic carbocycles. The highest BCUT2D eigenvalue weighted by Crippen LogP contribution is 2.28. The molecule has 3 heterocycles. The zero-order chi connectivity index (χ0) is 30.3. The van der Waals surface area contributed by atoms with E-state index in [1.807, 2.05) is 96.1 Å². The first kappa shape index (κ1) is 40.2. The molecule has 0 spiro atoms. The molecule has 4 aromatic rings. The zero-order valence-corrected chi connectivity index (χ0v) is 27.1. The van der Waals surface area contributed by atoms with Crippen LogP contribution < -0.4 is 0 Å². The summed E-state index contributed by atoms with van der Waals surface area (Å²) in [4.78, 5) is 13.6. The Bertz CT molecular complexity index is 841. The second kappa shape index (κ2) is 30.9. The summed E-state index contributed by atoms with van der Waals surface area (Å²) < 4.78 is 0. The van der Waals surface area contributed by atoms with Crippen molar-refractivity contribution in [2.45, 2.75) is 102 Å². The molecule has 0 N–H and O–H groups in total. The fourth-order valence-corrected chi connectivity index (χ4v) is 2.62. The predicted octanol–water partition coefficient (Wildman–Crippen LogP) is 12.2. The minimum absolute atomic E-state index is 0.845. The Morgan fingerprint density at radius 3 is 1.05 bits per heavy atom. The number of hydrogen-bond donors (Lipinski definition) is 0. The highest BCUT2D eigenvalue weighted by Gasteiger charge is 2.09. The first-order valence-electron chi connectivity index (χ1n) is 15.0. The van der Waals surface area contributed by atoms with E-state index in [1.165, 1.54) is 19.3 Å². The number of rotatable bonds is 3. The van der Waals surface area contributed by atoms with Crippen LogP contribution in [0.3, 0.4) is 0 Å². The van der Waals surface area contributed by atoms with Crippen LogP contribution in [0.15, 0.2) is 91.3 Å². The summed E-state index contributed by atoms with van der Waals surface area (Å²) in [5.41, 5.74) is 5.65. The Labute approximate surface area is 242 Å². The molecule has 0 atom stereocenters. The molecule has 3 aromatic heterocycles. The maximum absolute atomic E-state index is 4.77. The van der Waals surface area contributed by atoms with Gasteiger partial charge in [0.05, 0.1) is 22.8 Å². The van der Waals surface area contributed by atoms with E-state index in [0.29, 0.717) is 0 Å². The van der Waals surface area contributed by atoms with Crippen molar-refractivity contribution in [2.75, 3.05) is 0 Å². The predicted molar refractivity (Wildman–Crippen MR) is 178 cm³/mol. The highest BCUT2D eigenvalue weighted by molar-refractivity contribution is 5.74. The van der Waals surface area contributed by atoms with Crippen molar-refractivity contribution >= 4 is 0 Å². The van der Waals surface area contributed by atoms with E-state index in [-0.39, 0.29) is 0 Å². The van der Waals surface area contributed by atoms with Gasteiger partial charge in [-0.25, -0.2) is 4.98 Å². The minimum Gasteiger partial charge on any atom is -0.255 e. The molecule has 0 aliphatic rings. The Kier molecular flexibility index (Phi) is 31.8. The van der Waals surface area contributed by atoms with E-state index in [2.05, 4.69) is 75.8 Å². The summed E-state index contributed by atoms with van der Waals surface area (Å²) in [5.74, 6) is 0. The van der Waals surface area contributed by atoms with Crippen LogP contribution in [-0.4, -0.2) is 15.0 Å². The average molecular weight is 532 g/mol. The third-order valence-electron chi connectivity index (χ3n) is 3.79. The fourth-order valence-electron chi connectivity index (χ4n) is 2.62. The first-order valence-corrected chi connectivity index (χ1v) is 15.0. The Morgan fingerprint density at radius 2 is 0.744 bits per heavy atom. The second-order valence-electron chi connectivity index (χ2n) is 7.54. The molecule has 0 saturated carbocycles. The van der Waals surface area contributed by atoms with Gasteiger partial charge in [0.2, 0.25) is 0 Å². The van der Waals surface area contributed by atoms with E-state index in [1.54, 1.807) is 12.4 Å². The van der Waals surface area contributed by atoms with Gasteiger partial charge >= 0.3 is 0 Å². The third-order valence-corrected chi connectivity index (χ3v) is 3.79. The van der Waals surface area contributed by atoms with Gasteiger partial charge in [0, 0.05) is 12.4 Å². The first-order chi connectivity index (χ1) is 19.1. The summed E-state index contributed by atoms with van der Waals surface area (Å²) in [6.45, 7) is 24.8. The summed E-state index contributed by atoms with van der Waals surface area (Å²) >= 11 is 0. The van der Waals surface area contributed by atoms with Gasteiger partial charge in [0.1, 0.15) is 0 Å². The van der Waals surface area contributed by atoms with Crippen LogP contribution in [0.4, 0.5) is 0 Å². The maximum atomic E-state index is 4.77. The van der Waals surface area contributed by atoms with Crippen molar-refractivity contribution in [3.8, 4) is 33.9 Å². The standard InChI is InChI=1S/C21H15N3.3C3H8.3C2H6/c1-2-8-16(9-3-1)17-14-20(18-10-4-6-12-22-18)24-21(15-17)19-11-5-7-13-23-19;3*1-3-2;3*1-2/h1-15H;3*3H2,1-2H3;3*1-2H3. The summed E-state index contributed by atoms with van der Waals surface area (Å²) in [7, 11) is 0. The second-order valence-corrected chi connectivity index (χ2v) is 7.54. The van der Waals surface area contributed by atoms with Crippen LogP contribution >= 0.6 is 0 Å². The largest absolute Gasteiger partial charge is 0.255 e. The fraction of sp³-hybridized carbons (Fsp3) is 0.417. The molecule has 0 aliphatic heterocycles. The van der Waals surface area contributed by atoms with Crippen molar-refractivity contribution in [1.82, 2.24) is 15.0 Å². The molecule has 216 valence electrons. The van der Waals surface area contributed by atoms with Gasteiger partial charge in [0.25, 0.3) is 0 Å². The SMILES string of the molecule is CC.CC.CC.CCC.CCC.CCC.c1ccc(-c2cc(-c3ccccn3)nc(-c3ccccn3)c2)cc1. The lowest BCUT2D eigenvalue weighted by molar-refractivity contribution is 1.09. The van der Waals surface area contributed by atoms with Gasteiger partial charge in [-0.1, -0.05) is 145 Å². The third kappa shape index (κ3) is 18.5. The Hall–Kier alpha value is -3.33.